The number of carbonyl (C=O) groups excluding carboxylic acids is 1. The molecule has 0 bridgehead atoms. The van der Waals surface area contributed by atoms with Gasteiger partial charge in [-0.1, -0.05) is 6.08 Å². The van der Waals surface area contributed by atoms with Crippen molar-refractivity contribution in [2.75, 3.05) is 6.61 Å². The Balaban J connectivity index is 2.78. The Morgan fingerprint density at radius 3 is 2.75 bits per heavy atom. The van der Waals surface area contributed by atoms with E-state index in [1.807, 2.05) is 20.8 Å². The van der Waals surface area contributed by atoms with Gasteiger partial charge >= 0.3 is 5.97 Å². The number of carbonyl (C=O) groups is 1. The lowest BCUT2D eigenvalue weighted by Crippen LogP contribution is -2.41. The summed E-state index contributed by atoms with van der Waals surface area (Å²) in [5, 5.41) is 0. The first-order valence-corrected chi connectivity index (χ1v) is 5.98. The van der Waals surface area contributed by atoms with Crippen LogP contribution in [0.5, 0.6) is 0 Å². The fraction of sp³-hybridized carbons (Fsp3) is 0.769. The molecule has 3 atom stereocenters. The summed E-state index contributed by atoms with van der Waals surface area (Å²) in [6.45, 7) is 9.90. The van der Waals surface area contributed by atoms with Crippen LogP contribution in [0.25, 0.3) is 0 Å². The fourth-order valence-electron chi connectivity index (χ4n) is 2.21. The molecule has 1 aliphatic heterocycles. The molecule has 0 aromatic heterocycles. The van der Waals surface area contributed by atoms with Crippen molar-refractivity contribution in [2.24, 2.45) is 5.41 Å². The van der Waals surface area contributed by atoms with Crippen molar-refractivity contribution in [3.8, 4) is 0 Å². The number of ether oxygens (including phenoxy) is 2. The second-order valence-corrected chi connectivity index (χ2v) is 4.64. The average molecular weight is 226 g/mol. The van der Waals surface area contributed by atoms with Crippen molar-refractivity contribution in [3.63, 3.8) is 0 Å². The van der Waals surface area contributed by atoms with E-state index in [2.05, 4.69) is 6.58 Å². The van der Waals surface area contributed by atoms with E-state index >= 15 is 0 Å². The SMILES string of the molecule is C=CC[C@@](C)(C(=O)OCC)[C@@H]1CC[C@H](C)O1. The summed E-state index contributed by atoms with van der Waals surface area (Å²) in [5.41, 5.74) is -0.581. The van der Waals surface area contributed by atoms with Crippen LogP contribution >= 0.6 is 0 Å². The summed E-state index contributed by atoms with van der Waals surface area (Å²) in [6.07, 6.45) is 4.50. The molecular weight excluding hydrogens is 204 g/mol. The van der Waals surface area contributed by atoms with E-state index < -0.39 is 5.41 Å². The summed E-state index contributed by atoms with van der Waals surface area (Å²) in [4.78, 5) is 12.0. The minimum absolute atomic E-state index is 0.0421. The summed E-state index contributed by atoms with van der Waals surface area (Å²) >= 11 is 0. The highest BCUT2D eigenvalue weighted by molar-refractivity contribution is 5.77. The molecule has 3 heteroatoms. The molecule has 0 unspecified atom stereocenters. The Morgan fingerprint density at radius 1 is 1.62 bits per heavy atom. The van der Waals surface area contributed by atoms with Gasteiger partial charge < -0.3 is 9.47 Å². The maximum absolute atomic E-state index is 12.0. The van der Waals surface area contributed by atoms with E-state index in [4.69, 9.17) is 9.47 Å². The Bertz CT molecular complexity index is 262. The van der Waals surface area contributed by atoms with Gasteiger partial charge in [-0.15, -0.1) is 6.58 Å². The van der Waals surface area contributed by atoms with Crippen LogP contribution < -0.4 is 0 Å². The topological polar surface area (TPSA) is 35.5 Å². The zero-order valence-electron chi connectivity index (χ0n) is 10.5. The third kappa shape index (κ3) is 2.64. The van der Waals surface area contributed by atoms with Crippen molar-refractivity contribution in [1.82, 2.24) is 0 Å². The molecule has 1 rings (SSSR count). The van der Waals surface area contributed by atoms with Gasteiger partial charge in [0.2, 0.25) is 0 Å². The molecule has 1 saturated heterocycles. The zero-order valence-corrected chi connectivity index (χ0v) is 10.5. The summed E-state index contributed by atoms with van der Waals surface area (Å²) in [6, 6.07) is 0. The average Bonchev–Trinajstić information content (AvgIpc) is 2.66. The van der Waals surface area contributed by atoms with Gasteiger partial charge in [-0.3, -0.25) is 4.79 Å². The van der Waals surface area contributed by atoms with Gasteiger partial charge in [0.25, 0.3) is 0 Å². The molecule has 1 heterocycles. The van der Waals surface area contributed by atoms with Crippen LogP contribution in [0.1, 0.15) is 40.0 Å². The number of hydrogen-bond donors (Lipinski definition) is 0. The van der Waals surface area contributed by atoms with Crippen LogP contribution in [0, 0.1) is 5.41 Å². The first-order chi connectivity index (χ1) is 7.54. The highest BCUT2D eigenvalue weighted by atomic mass is 16.5. The molecule has 16 heavy (non-hydrogen) atoms. The quantitative estimate of drug-likeness (QED) is 0.534. The third-order valence-electron chi connectivity index (χ3n) is 3.25. The summed E-state index contributed by atoms with van der Waals surface area (Å²) in [7, 11) is 0. The molecule has 92 valence electrons. The number of hydrogen-bond acceptors (Lipinski definition) is 3. The minimum atomic E-state index is -0.581. The largest absolute Gasteiger partial charge is 0.465 e. The lowest BCUT2D eigenvalue weighted by molar-refractivity contribution is -0.163. The maximum Gasteiger partial charge on any atom is 0.314 e. The number of rotatable bonds is 5. The van der Waals surface area contributed by atoms with Crippen molar-refractivity contribution in [3.05, 3.63) is 12.7 Å². The Labute approximate surface area is 97.8 Å². The van der Waals surface area contributed by atoms with E-state index in [0.717, 1.165) is 12.8 Å². The number of allylic oxidation sites excluding steroid dienone is 1. The second-order valence-electron chi connectivity index (χ2n) is 4.64. The van der Waals surface area contributed by atoms with Crippen LogP contribution in [0.3, 0.4) is 0 Å². The monoisotopic (exact) mass is 226 g/mol. The van der Waals surface area contributed by atoms with E-state index in [1.165, 1.54) is 0 Å². The zero-order chi connectivity index (χ0) is 12.2. The summed E-state index contributed by atoms with van der Waals surface area (Å²) < 4.78 is 10.9. The lowest BCUT2D eigenvalue weighted by atomic mass is 9.79. The Hall–Kier alpha value is -0.830. The van der Waals surface area contributed by atoms with Crippen LogP contribution in [0.15, 0.2) is 12.7 Å². The highest BCUT2D eigenvalue weighted by Crippen LogP contribution is 2.38. The van der Waals surface area contributed by atoms with Gasteiger partial charge in [0, 0.05) is 0 Å². The van der Waals surface area contributed by atoms with Gasteiger partial charge in [-0.2, -0.15) is 0 Å². The van der Waals surface area contributed by atoms with Gasteiger partial charge in [-0.05, 0) is 40.0 Å². The summed E-state index contributed by atoms with van der Waals surface area (Å²) in [5.74, 6) is -0.172. The smallest absolute Gasteiger partial charge is 0.314 e. The molecule has 0 N–H and O–H groups in total. The van der Waals surface area contributed by atoms with Gasteiger partial charge in [-0.25, -0.2) is 0 Å². The molecule has 0 aromatic carbocycles. The van der Waals surface area contributed by atoms with E-state index in [9.17, 15) is 4.79 Å². The molecule has 1 fully saturated rings. The van der Waals surface area contributed by atoms with Crippen molar-refractivity contribution in [1.29, 1.82) is 0 Å². The molecule has 0 aromatic rings. The normalized spacial score (nSPS) is 28.4. The molecule has 0 spiro atoms. The molecule has 0 aliphatic carbocycles. The number of esters is 1. The molecule has 1 aliphatic rings. The molecule has 0 radical (unpaired) electrons. The van der Waals surface area contributed by atoms with Gasteiger partial charge in [0.05, 0.1) is 24.2 Å². The predicted molar refractivity (Wildman–Crippen MR) is 63.1 cm³/mol. The molecule has 3 nitrogen and oxygen atoms in total. The predicted octanol–water partition coefficient (Wildman–Crippen LogP) is 2.70. The maximum atomic E-state index is 12.0. The van der Waals surface area contributed by atoms with Crippen LogP contribution in [-0.2, 0) is 14.3 Å². The van der Waals surface area contributed by atoms with E-state index in [1.54, 1.807) is 6.08 Å². The highest BCUT2D eigenvalue weighted by Gasteiger charge is 2.45. The Kier molecular flexibility index (Phi) is 4.54. The van der Waals surface area contributed by atoms with Crippen LogP contribution in [-0.4, -0.2) is 24.8 Å². The lowest BCUT2D eigenvalue weighted by Gasteiger charge is -2.31. The van der Waals surface area contributed by atoms with Gasteiger partial charge in [0.1, 0.15) is 0 Å². The standard InChI is InChI=1S/C13H22O3/c1-5-9-13(4,12(14)15-6-2)11-8-7-10(3)16-11/h5,10-11H,1,6-9H2,2-4H3/t10-,11-,13+/m0/s1. The van der Waals surface area contributed by atoms with Gasteiger partial charge in [0.15, 0.2) is 0 Å². The minimum Gasteiger partial charge on any atom is -0.465 e. The van der Waals surface area contributed by atoms with Crippen molar-refractivity contribution in [2.45, 2.75) is 52.2 Å². The van der Waals surface area contributed by atoms with Crippen molar-refractivity contribution < 1.29 is 14.3 Å². The van der Waals surface area contributed by atoms with Crippen molar-refractivity contribution >= 4 is 5.97 Å². The van der Waals surface area contributed by atoms with E-state index in [-0.39, 0.29) is 18.2 Å². The molecular formula is C13H22O3. The van der Waals surface area contributed by atoms with E-state index in [0.29, 0.717) is 13.0 Å². The second kappa shape index (κ2) is 5.48. The first-order valence-electron chi connectivity index (χ1n) is 5.98. The Morgan fingerprint density at radius 2 is 2.31 bits per heavy atom. The molecule has 0 saturated carbocycles. The van der Waals surface area contributed by atoms with Crippen LogP contribution in [0.4, 0.5) is 0 Å². The fourth-order valence-corrected chi connectivity index (χ4v) is 2.21. The third-order valence-corrected chi connectivity index (χ3v) is 3.25. The first kappa shape index (κ1) is 13.2. The van der Waals surface area contributed by atoms with Crippen LogP contribution in [0.2, 0.25) is 0 Å². The molecule has 0 amide bonds.